The van der Waals surface area contributed by atoms with Crippen LogP contribution in [0.15, 0.2) is 0 Å². The number of hydrogen-bond acceptors (Lipinski definition) is 5. The molecule has 1 heterocycles. The number of ether oxygens (including phenoxy) is 2. The summed E-state index contributed by atoms with van der Waals surface area (Å²) in [4.78, 5) is 24.8. The SMILES string of the molecule is CO.COC(C(C)C=O)C1CCCN1C(=O)OC(C)(C)C. The fourth-order valence-corrected chi connectivity index (χ4v) is 2.48. The number of nitrogens with zero attached hydrogens (tertiary/aromatic N) is 1. The van der Waals surface area contributed by atoms with Crippen molar-refractivity contribution < 1.29 is 24.2 Å². The van der Waals surface area contributed by atoms with E-state index in [1.54, 1.807) is 12.0 Å². The van der Waals surface area contributed by atoms with Crippen molar-refractivity contribution in [3.63, 3.8) is 0 Å². The van der Waals surface area contributed by atoms with Gasteiger partial charge in [-0.1, -0.05) is 6.92 Å². The van der Waals surface area contributed by atoms with Crippen molar-refractivity contribution in [3.05, 3.63) is 0 Å². The van der Waals surface area contributed by atoms with E-state index in [2.05, 4.69) is 0 Å². The molecule has 0 radical (unpaired) electrons. The van der Waals surface area contributed by atoms with Gasteiger partial charge in [-0.25, -0.2) is 4.79 Å². The minimum atomic E-state index is -0.511. The lowest BCUT2D eigenvalue weighted by atomic mass is 9.97. The van der Waals surface area contributed by atoms with Gasteiger partial charge < -0.3 is 24.3 Å². The summed E-state index contributed by atoms with van der Waals surface area (Å²) in [7, 11) is 2.58. The summed E-state index contributed by atoms with van der Waals surface area (Å²) in [6.07, 6.45) is 2.04. The van der Waals surface area contributed by atoms with Crippen molar-refractivity contribution in [1.29, 1.82) is 0 Å². The highest BCUT2D eigenvalue weighted by atomic mass is 16.6. The lowest BCUT2D eigenvalue weighted by Crippen LogP contribution is -2.48. The van der Waals surface area contributed by atoms with E-state index in [4.69, 9.17) is 14.6 Å². The van der Waals surface area contributed by atoms with Crippen LogP contribution in [0.1, 0.15) is 40.5 Å². The van der Waals surface area contributed by atoms with Crippen LogP contribution < -0.4 is 0 Å². The van der Waals surface area contributed by atoms with E-state index in [9.17, 15) is 9.59 Å². The minimum absolute atomic E-state index is 0.0833. The zero-order valence-electron chi connectivity index (χ0n) is 14.0. The van der Waals surface area contributed by atoms with Crippen molar-refractivity contribution in [2.24, 2.45) is 5.92 Å². The van der Waals surface area contributed by atoms with E-state index in [1.807, 2.05) is 27.7 Å². The smallest absolute Gasteiger partial charge is 0.410 e. The van der Waals surface area contributed by atoms with E-state index in [1.165, 1.54) is 0 Å². The third-order valence-electron chi connectivity index (χ3n) is 3.31. The molecule has 1 rings (SSSR count). The number of carbonyl (C=O) groups excluding carboxylic acids is 2. The molecule has 1 amide bonds. The first kappa shape index (κ1) is 19.9. The van der Waals surface area contributed by atoms with E-state index in [0.717, 1.165) is 26.2 Å². The van der Waals surface area contributed by atoms with Gasteiger partial charge in [0.2, 0.25) is 0 Å². The van der Waals surface area contributed by atoms with E-state index >= 15 is 0 Å². The Morgan fingerprint density at radius 3 is 2.38 bits per heavy atom. The molecule has 0 aromatic rings. The maximum absolute atomic E-state index is 12.2. The second-order valence-corrected chi connectivity index (χ2v) is 6.08. The zero-order valence-corrected chi connectivity index (χ0v) is 14.0. The Bertz CT molecular complexity index is 327. The number of carbonyl (C=O) groups is 2. The quantitative estimate of drug-likeness (QED) is 0.802. The molecule has 0 aromatic carbocycles. The van der Waals surface area contributed by atoms with Crippen LogP contribution in [0.3, 0.4) is 0 Å². The maximum atomic E-state index is 12.2. The zero-order chi connectivity index (χ0) is 16.6. The molecule has 6 nitrogen and oxygen atoms in total. The Hall–Kier alpha value is -1.14. The second kappa shape index (κ2) is 9.00. The van der Waals surface area contributed by atoms with E-state index < -0.39 is 5.60 Å². The highest BCUT2D eigenvalue weighted by Crippen LogP contribution is 2.27. The van der Waals surface area contributed by atoms with Crippen LogP contribution in [-0.2, 0) is 14.3 Å². The van der Waals surface area contributed by atoms with E-state index in [-0.39, 0.29) is 24.2 Å². The van der Waals surface area contributed by atoms with Gasteiger partial charge in [0.15, 0.2) is 0 Å². The summed E-state index contributed by atoms with van der Waals surface area (Å²) in [5, 5.41) is 7.00. The normalized spacial score (nSPS) is 21.1. The van der Waals surface area contributed by atoms with Crippen molar-refractivity contribution in [1.82, 2.24) is 4.90 Å². The Morgan fingerprint density at radius 1 is 1.38 bits per heavy atom. The van der Waals surface area contributed by atoms with Crippen LogP contribution in [0.25, 0.3) is 0 Å². The minimum Gasteiger partial charge on any atom is -0.444 e. The van der Waals surface area contributed by atoms with Crippen LogP contribution in [-0.4, -0.2) is 60.9 Å². The second-order valence-electron chi connectivity index (χ2n) is 6.08. The lowest BCUT2D eigenvalue weighted by molar-refractivity contribution is -0.116. The molecule has 1 N–H and O–H groups in total. The van der Waals surface area contributed by atoms with E-state index in [0.29, 0.717) is 6.54 Å². The van der Waals surface area contributed by atoms with Gasteiger partial charge in [-0.15, -0.1) is 0 Å². The average molecular weight is 303 g/mol. The Labute approximate surface area is 127 Å². The number of rotatable bonds is 4. The first-order valence-corrected chi connectivity index (χ1v) is 7.22. The summed E-state index contributed by atoms with van der Waals surface area (Å²) in [6.45, 7) is 8.01. The van der Waals surface area contributed by atoms with Gasteiger partial charge in [0.05, 0.1) is 12.1 Å². The number of aldehydes is 1. The van der Waals surface area contributed by atoms with Crippen LogP contribution in [0.4, 0.5) is 4.79 Å². The number of hydrogen-bond donors (Lipinski definition) is 1. The van der Waals surface area contributed by atoms with Gasteiger partial charge in [0.1, 0.15) is 11.9 Å². The highest BCUT2D eigenvalue weighted by molar-refractivity contribution is 5.69. The Morgan fingerprint density at radius 2 is 1.95 bits per heavy atom. The summed E-state index contributed by atoms with van der Waals surface area (Å²) in [6, 6.07) is -0.0833. The van der Waals surface area contributed by atoms with Crippen molar-refractivity contribution in [2.45, 2.75) is 58.3 Å². The molecule has 0 spiro atoms. The molecule has 1 saturated heterocycles. The topological polar surface area (TPSA) is 76.1 Å². The van der Waals surface area contributed by atoms with Gasteiger partial charge in [-0.05, 0) is 33.6 Å². The number of likely N-dealkylation sites (tertiary alicyclic amines) is 1. The molecule has 3 unspecified atom stereocenters. The summed E-state index contributed by atoms with van der Waals surface area (Å²) in [5.41, 5.74) is -0.511. The predicted molar refractivity (Wildman–Crippen MR) is 80.1 cm³/mol. The highest BCUT2D eigenvalue weighted by Gasteiger charge is 2.39. The standard InChI is InChI=1S/C14H25NO4.CH4O/c1-10(9-16)12(18-5)11-7-6-8-15(11)13(17)19-14(2,3)4;1-2/h9-12H,6-8H2,1-5H3;2H,1H3. The Balaban J connectivity index is 0.00000191. The van der Waals surface area contributed by atoms with Crippen LogP contribution >= 0.6 is 0 Å². The molecule has 3 atom stereocenters. The van der Waals surface area contributed by atoms with Crippen LogP contribution in [0.2, 0.25) is 0 Å². The number of methoxy groups -OCH3 is 1. The number of amides is 1. The molecule has 0 bridgehead atoms. The summed E-state index contributed by atoms with van der Waals surface area (Å²) in [5.74, 6) is -0.238. The third kappa shape index (κ3) is 6.01. The monoisotopic (exact) mass is 303 g/mol. The van der Waals surface area contributed by atoms with Crippen molar-refractivity contribution in [3.8, 4) is 0 Å². The van der Waals surface area contributed by atoms with Gasteiger partial charge in [0, 0.05) is 26.7 Å². The molecule has 124 valence electrons. The fraction of sp³-hybridized carbons (Fsp3) is 0.867. The van der Waals surface area contributed by atoms with Gasteiger partial charge in [-0.3, -0.25) is 0 Å². The van der Waals surface area contributed by atoms with Gasteiger partial charge >= 0.3 is 6.09 Å². The molecule has 0 saturated carbocycles. The Kier molecular flexibility index (Phi) is 8.51. The maximum Gasteiger partial charge on any atom is 0.410 e. The third-order valence-corrected chi connectivity index (χ3v) is 3.31. The molecular formula is C15H29NO5. The predicted octanol–water partition coefficient (Wildman–Crippen LogP) is 1.84. The summed E-state index contributed by atoms with van der Waals surface area (Å²) < 4.78 is 10.8. The molecule has 0 aromatic heterocycles. The molecular weight excluding hydrogens is 274 g/mol. The molecule has 1 aliphatic heterocycles. The molecule has 6 heteroatoms. The lowest BCUT2D eigenvalue weighted by Gasteiger charge is -2.33. The number of aliphatic hydroxyl groups is 1. The molecule has 0 aliphatic carbocycles. The summed E-state index contributed by atoms with van der Waals surface area (Å²) >= 11 is 0. The van der Waals surface area contributed by atoms with Crippen LogP contribution in [0.5, 0.6) is 0 Å². The first-order valence-electron chi connectivity index (χ1n) is 7.22. The van der Waals surface area contributed by atoms with Crippen molar-refractivity contribution >= 4 is 12.4 Å². The molecule has 21 heavy (non-hydrogen) atoms. The number of aliphatic hydroxyl groups excluding tert-OH is 1. The first-order chi connectivity index (χ1) is 9.80. The fourth-order valence-electron chi connectivity index (χ4n) is 2.48. The average Bonchev–Trinajstić information content (AvgIpc) is 2.89. The van der Waals surface area contributed by atoms with Crippen LogP contribution in [0, 0.1) is 5.92 Å². The molecule has 1 fully saturated rings. The van der Waals surface area contributed by atoms with Gasteiger partial charge in [-0.2, -0.15) is 0 Å². The largest absolute Gasteiger partial charge is 0.444 e. The molecule has 1 aliphatic rings. The van der Waals surface area contributed by atoms with Crippen molar-refractivity contribution in [2.75, 3.05) is 20.8 Å². The van der Waals surface area contributed by atoms with Gasteiger partial charge in [0.25, 0.3) is 0 Å².